The number of aromatic nitrogens is 1. The topological polar surface area (TPSA) is 120 Å². The van der Waals surface area contributed by atoms with E-state index in [0.717, 1.165) is 28.5 Å². The number of hydrogen-bond acceptors (Lipinski definition) is 9. The van der Waals surface area contributed by atoms with E-state index < -0.39 is 23.1 Å². The summed E-state index contributed by atoms with van der Waals surface area (Å²) in [5, 5.41) is 11.8. The van der Waals surface area contributed by atoms with Gasteiger partial charge in [0.1, 0.15) is 5.76 Å². The van der Waals surface area contributed by atoms with Crippen molar-refractivity contribution >= 4 is 16.9 Å². The SMILES string of the molecule is COC(=O)C[C@H](c1oc(CN2CCc3cc(OC)c(OC)cc3C2)cc(=O)c1O)c1cc2ccccc2n(CC(C)C)c1=O. The molecule has 2 aromatic heterocycles. The molecule has 1 N–H and O–H groups in total. The van der Waals surface area contributed by atoms with Crippen LogP contribution in [0.3, 0.4) is 0 Å². The van der Waals surface area contributed by atoms with Gasteiger partial charge in [-0.1, -0.05) is 32.0 Å². The summed E-state index contributed by atoms with van der Waals surface area (Å²) in [6.45, 7) is 6.02. The number of carbonyl (C=O) groups excluding carboxylic acids is 1. The molecule has 0 unspecified atom stereocenters. The number of ether oxygens (including phenoxy) is 3. The van der Waals surface area contributed by atoms with Gasteiger partial charge in [0.25, 0.3) is 5.56 Å². The molecule has 0 amide bonds. The van der Waals surface area contributed by atoms with Gasteiger partial charge in [-0.3, -0.25) is 19.3 Å². The maximum Gasteiger partial charge on any atom is 0.306 e. The van der Waals surface area contributed by atoms with E-state index >= 15 is 0 Å². The van der Waals surface area contributed by atoms with Crippen LogP contribution in [0.2, 0.25) is 0 Å². The van der Waals surface area contributed by atoms with Gasteiger partial charge in [0.05, 0.1) is 45.7 Å². The molecule has 0 radical (unpaired) electrons. The molecule has 3 heterocycles. The minimum Gasteiger partial charge on any atom is -0.502 e. The van der Waals surface area contributed by atoms with Crippen molar-refractivity contribution in [1.82, 2.24) is 9.47 Å². The molecule has 10 heteroatoms. The fourth-order valence-corrected chi connectivity index (χ4v) is 5.91. The average molecular weight is 603 g/mol. The number of pyridine rings is 1. The van der Waals surface area contributed by atoms with Crippen LogP contribution in [-0.4, -0.2) is 48.4 Å². The first-order valence-electron chi connectivity index (χ1n) is 14.6. The normalized spacial score (nSPS) is 14.0. The van der Waals surface area contributed by atoms with E-state index in [9.17, 15) is 19.5 Å². The van der Waals surface area contributed by atoms with Gasteiger partial charge in [-0.25, -0.2) is 0 Å². The van der Waals surface area contributed by atoms with Crippen molar-refractivity contribution in [2.45, 2.75) is 52.2 Å². The molecule has 5 rings (SSSR count). The summed E-state index contributed by atoms with van der Waals surface area (Å²) >= 11 is 0. The second kappa shape index (κ2) is 13.0. The van der Waals surface area contributed by atoms with Crippen molar-refractivity contribution in [3.8, 4) is 17.2 Å². The van der Waals surface area contributed by atoms with Crippen LogP contribution in [0, 0.1) is 5.92 Å². The molecule has 1 aliphatic heterocycles. The van der Waals surface area contributed by atoms with Crippen LogP contribution in [0.1, 0.15) is 54.4 Å². The second-order valence-corrected chi connectivity index (χ2v) is 11.5. The first kappa shape index (κ1) is 30.9. The molecule has 4 aromatic rings. The lowest BCUT2D eigenvalue weighted by Crippen LogP contribution is -2.31. The number of nitrogens with zero attached hydrogens (tertiary/aromatic N) is 2. The Labute approximate surface area is 255 Å². The lowest BCUT2D eigenvalue weighted by molar-refractivity contribution is -0.140. The predicted molar refractivity (Wildman–Crippen MR) is 166 cm³/mol. The first-order valence-corrected chi connectivity index (χ1v) is 14.6. The molecule has 1 aliphatic rings. The van der Waals surface area contributed by atoms with E-state index in [-0.39, 0.29) is 35.8 Å². The number of para-hydroxylation sites is 1. The third-order valence-corrected chi connectivity index (χ3v) is 8.05. The van der Waals surface area contributed by atoms with Gasteiger partial charge >= 0.3 is 5.97 Å². The van der Waals surface area contributed by atoms with Gasteiger partial charge in [0.2, 0.25) is 11.2 Å². The van der Waals surface area contributed by atoms with Crippen molar-refractivity contribution in [1.29, 1.82) is 0 Å². The summed E-state index contributed by atoms with van der Waals surface area (Å²) in [5.41, 5.74) is 2.24. The Morgan fingerprint density at radius 3 is 2.39 bits per heavy atom. The second-order valence-electron chi connectivity index (χ2n) is 11.5. The van der Waals surface area contributed by atoms with Gasteiger partial charge in [-0.2, -0.15) is 0 Å². The summed E-state index contributed by atoms with van der Waals surface area (Å²) in [7, 11) is 4.45. The smallest absolute Gasteiger partial charge is 0.306 e. The molecule has 0 spiro atoms. The Hall–Kier alpha value is -4.57. The zero-order valence-corrected chi connectivity index (χ0v) is 25.7. The summed E-state index contributed by atoms with van der Waals surface area (Å²) in [4.78, 5) is 41.9. The van der Waals surface area contributed by atoms with E-state index in [1.54, 1.807) is 24.9 Å². The number of methoxy groups -OCH3 is 3. The molecule has 2 aromatic carbocycles. The van der Waals surface area contributed by atoms with Gasteiger partial charge in [0, 0.05) is 31.3 Å². The monoisotopic (exact) mass is 602 g/mol. The standard InChI is InChI=1S/C34H38N2O8/c1-20(2)17-36-27-9-7-6-8-22(27)12-26(34(36)40)25(16-31(38)43-5)33-32(39)28(37)15-24(44-33)19-35-11-10-21-13-29(41-3)30(42-4)14-23(21)18-35/h6-9,12-15,20,25,39H,10-11,16-19H2,1-5H3/t25-/m0/s1. The molecule has 0 saturated heterocycles. The number of fused-ring (bicyclic) bond motifs is 2. The highest BCUT2D eigenvalue weighted by Gasteiger charge is 2.30. The number of aromatic hydroxyl groups is 1. The third-order valence-electron chi connectivity index (χ3n) is 8.05. The Kier molecular flexibility index (Phi) is 9.10. The highest BCUT2D eigenvalue weighted by molar-refractivity contribution is 5.80. The highest BCUT2D eigenvalue weighted by Crippen LogP contribution is 2.35. The van der Waals surface area contributed by atoms with Gasteiger partial charge in [0.15, 0.2) is 17.3 Å². The lowest BCUT2D eigenvalue weighted by Gasteiger charge is -2.29. The Balaban J connectivity index is 1.56. The number of esters is 1. The minimum atomic E-state index is -1.05. The molecule has 1 atom stereocenters. The van der Waals surface area contributed by atoms with E-state index in [1.165, 1.54) is 13.2 Å². The van der Waals surface area contributed by atoms with E-state index in [2.05, 4.69) is 4.90 Å². The van der Waals surface area contributed by atoms with Gasteiger partial charge in [-0.15, -0.1) is 0 Å². The van der Waals surface area contributed by atoms with E-state index in [0.29, 0.717) is 36.9 Å². The lowest BCUT2D eigenvalue weighted by atomic mass is 9.91. The summed E-state index contributed by atoms with van der Waals surface area (Å²) in [6.07, 6.45) is 0.451. The predicted octanol–water partition coefficient (Wildman–Crippen LogP) is 4.59. The summed E-state index contributed by atoms with van der Waals surface area (Å²) in [5.74, 6) is -0.647. The largest absolute Gasteiger partial charge is 0.502 e. The molecule has 0 saturated carbocycles. The number of hydrogen-bond donors (Lipinski definition) is 1. The average Bonchev–Trinajstić information content (AvgIpc) is 3.01. The van der Waals surface area contributed by atoms with Crippen LogP contribution in [0.5, 0.6) is 17.2 Å². The van der Waals surface area contributed by atoms with Crippen molar-refractivity contribution < 1.29 is 28.5 Å². The maximum absolute atomic E-state index is 14.0. The van der Waals surface area contributed by atoms with Crippen molar-refractivity contribution in [3.63, 3.8) is 0 Å². The fraction of sp³-hybridized carbons (Fsp3) is 0.382. The van der Waals surface area contributed by atoms with Crippen LogP contribution >= 0.6 is 0 Å². The van der Waals surface area contributed by atoms with Crippen molar-refractivity contribution in [2.24, 2.45) is 5.92 Å². The van der Waals surface area contributed by atoms with Gasteiger partial charge in [-0.05, 0) is 53.1 Å². The third kappa shape index (κ3) is 6.21. The van der Waals surface area contributed by atoms with E-state index in [1.807, 2.05) is 50.2 Å². The van der Waals surface area contributed by atoms with E-state index in [4.69, 9.17) is 18.6 Å². The fourth-order valence-electron chi connectivity index (χ4n) is 5.91. The van der Waals surface area contributed by atoms with Crippen LogP contribution in [-0.2, 0) is 35.6 Å². The van der Waals surface area contributed by atoms with Crippen LogP contribution < -0.4 is 20.5 Å². The summed E-state index contributed by atoms with van der Waals surface area (Å²) < 4.78 is 23.8. The maximum atomic E-state index is 14.0. The molecular weight excluding hydrogens is 564 g/mol. The molecular formula is C34H38N2O8. The summed E-state index contributed by atoms with van der Waals surface area (Å²) in [6, 6.07) is 14.4. The molecule has 0 bridgehead atoms. The van der Waals surface area contributed by atoms with Crippen molar-refractivity contribution in [3.05, 3.63) is 97.3 Å². The van der Waals surface area contributed by atoms with Crippen molar-refractivity contribution in [2.75, 3.05) is 27.9 Å². The first-order chi connectivity index (χ1) is 21.1. The number of rotatable bonds is 10. The Bertz CT molecular complexity index is 1810. The Morgan fingerprint density at radius 1 is 1.00 bits per heavy atom. The molecule has 0 aliphatic carbocycles. The molecule has 232 valence electrons. The molecule has 10 nitrogen and oxygen atoms in total. The van der Waals surface area contributed by atoms with Crippen LogP contribution in [0.25, 0.3) is 10.9 Å². The zero-order valence-electron chi connectivity index (χ0n) is 25.7. The zero-order chi connectivity index (χ0) is 31.5. The molecule has 0 fully saturated rings. The van der Waals surface area contributed by atoms with Crippen LogP contribution in [0.15, 0.2) is 62.5 Å². The number of benzene rings is 2. The number of carbonyl (C=O) groups is 1. The Morgan fingerprint density at radius 2 is 1.70 bits per heavy atom. The van der Waals surface area contributed by atoms with Crippen LogP contribution in [0.4, 0.5) is 0 Å². The van der Waals surface area contributed by atoms with Gasteiger partial charge < -0.3 is 28.3 Å². The highest BCUT2D eigenvalue weighted by atomic mass is 16.5. The molecule has 44 heavy (non-hydrogen) atoms. The quantitative estimate of drug-likeness (QED) is 0.260. The minimum absolute atomic E-state index is 0.134.